The molecular formula is C14H20Cl2O3. The summed E-state index contributed by atoms with van der Waals surface area (Å²) in [7, 11) is 0. The highest BCUT2D eigenvalue weighted by molar-refractivity contribution is 6.48. The highest BCUT2D eigenvalue weighted by Gasteiger charge is 2.39. The van der Waals surface area contributed by atoms with Gasteiger partial charge in [0.1, 0.15) is 10.1 Å². The number of rotatable bonds is 3. The molecule has 108 valence electrons. The van der Waals surface area contributed by atoms with Crippen molar-refractivity contribution >= 4 is 29.2 Å². The van der Waals surface area contributed by atoms with E-state index in [2.05, 4.69) is 20.8 Å². The molecule has 0 N–H and O–H groups in total. The van der Waals surface area contributed by atoms with E-state index in [0.29, 0.717) is 5.92 Å². The maximum atomic E-state index is 11.3. The molecule has 0 bridgehead atoms. The van der Waals surface area contributed by atoms with Crippen molar-refractivity contribution in [3.05, 3.63) is 10.1 Å². The number of halogens is 2. The van der Waals surface area contributed by atoms with Gasteiger partial charge in [-0.05, 0) is 30.6 Å². The fraction of sp³-hybridized carbons (Fsp3) is 0.786. The van der Waals surface area contributed by atoms with E-state index in [1.165, 1.54) is 6.42 Å². The summed E-state index contributed by atoms with van der Waals surface area (Å²) < 4.78 is 10.9. The van der Waals surface area contributed by atoms with Crippen molar-refractivity contribution < 1.29 is 14.3 Å². The molecule has 0 aromatic carbocycles. The Hall–Kier alpha value is -0.250. The first-order valence-corrected chi connectivity index (χ1v) is 7.50. The first kappa shape index (κ1) is 15.1. The molecule has 0 aromatic heterocycles. The SMILES string of the molecule is CC(C)C1(C)CCCC(O[C@H]2OC(=O)C(Cl)=C2Cl)C1. The van der Waals surface area contributed by atoms with Crippen molar-refractivity contribution in [1.29, 1.82) is 0 Å². The molecule has 2 rings (SSSR count). The number of carbonyl (C=O) groups is 1. The van der Waals surface area contributed by atoms with Gasteiger partial charge in [-0.3, -0.25) is 0 Å². The normalized spacial score (nSPS) is 36.0. The lowest BCUT2D eigenvalue weighted by Crippen LogP contribution is -2.36. The third kappa shape index (κ3) is 3.09. The number of hydrogen-bond acceptors (Lipinski definition) is 3. The monoisotopic (exact) mass is 306 g/mol. The molecule has 2 aliphatic rings. The average Bonchev–Trinajstić information content (AvgIpc) is 2.57. The van der Waals surface area contributed by atoms with Crippen LogP contribution < -0.4 is 0 Å². The Morgan fingerprint density at radius 1 is 1.42 bits per heavy atom. The van der Waals surface area contributed by atoms with E-state index >= 15 is 0 Å². The molecule has 0 amide bonds. The Labute approximate surface area is 124 Å². The number of ether oxygens (including phenoxy) is 2. The molecule has 1 saturated carbocycles. The molecule has 3 atom stereocenters. The number of cyclic esters (lactones) is 1. The molecule has 0 aromatic rings. The minimum Gasteiger partial charge on any atom is -0.426 e. The van der Waals surface area contributed by atoms with Crippen LogP contribution in [0.2, 0.25) is 0 Å². The maximum absolute atomic E-state index is 11.3. The summed E-state index contributed by atoms with van der Waals surface area (Å²) in [6.07, 6.45) is 3.50. The summed E-state index contributed by atoms with van der Waals surface area (Å²) in [5.41, 5.74) is 0.269. The van der Waals surface area contributed by atoms with E-state index < -0.39 is 12.3 Å². The van der Waals surface area contributed by atoms with Gasteiger partial charge >= 0.3 is 5.97 Å². The fourth-order valence-electron chi connectivity index (χ4n) is 2.76. The maximum Gasteiger partial charge on any atom is 0.353 e. The summed E-state index contributed by atoms with van der Waals surface area (Å²) in [6, 6.07) is 0. The van der Waals surface area contributed by atoms with Gasteiger partial charge in [0.25, 0.3) is 0 Å². The molecule has 2 unspecified atom stereocenters. The highest BCUT2D eigenvalue weighted by Crippen LogP contribution is 2.44. The topological polar surface area (TPSA) is 35.5 Å². The van der Waals surface area contributed by atoms with Crippen LogP contribution in [0.1, 0.15) is 46.5 Å². The van der Waals surface area contributed by atoms with Gasteiger partial charge < -0.3 is 9.47 Å². The Morgan fingerprint density at radius 2 is 2.11 bits per heavy atom. The molecule has 1 aliphatic heterocycles. The Balaban J connectivity index is 1.99. The molecule has 0 radical (unpaired) electrons. The lowest BCUT2D eigenvalue weighted by atomic mass is 9.67. The zero-order chi connectivity index (χ0) is 14.2. The molecule has 1 aliphatic carbocycles. The van der Waals surface area contributed by atoms with Crippen molar-refractivity contribution in [3.63, 3.8) is 0 Å². The van der Waals surface area contributed by atoms with Crippen LogP contribution in [0.25, 0.3) is 0 Å². The van der Waals surface area contributed by atoms with Crippen molar-refractivity contribution in [2.75, 3.05) is 0 Å². The first-order valence-electron chi connectivity index (χ1n) is 6.75. The summed E-state index contributed by atoms with van der Waals surface area (Å²) >= 11 is 11.7. The first-order chi connectivity index (χ1) is 8.83. The molecule has 0 saturated heterocycles. The van der Waals surface area contributed by atoms with Gasteiger partial charge in [0.05, 0.1) is 6.10 Å². The molecule has 0 spiro atoms. The average molecular weight is 307 g/mol. The lowest BCUT2D eigenvalue weighted by molar-refractivity contribution is -0.174. The Kier molecular flexibility index (Phi) is 4.49. The lowest BCUT2D eigenvalue weighted by Gasteiger charge is -2.41. The summed E-state index contributed by atoms with van der Waals surface area (Å²) in [6.45, 7) is 6.77. The van der Waals surface area contributed by atoms with Crippen molar-refractivity contribution in [3.8, 4) is 0 Å². The zero-order valence-electron chi connectivity index (χ0n) is 11.5. The molecule has 3 nitrogen and oxygen atoms in total. The second kappa shape index (κ2) is 5.63. The largest absolute Gasteiger partial charge is 0.426 e. The van der Waals surface area contributed by atoms with Crippen LogP contribution in [-0.4, -0.2) is 18.4 Å². The predicted molar refractivity (Wildman–Crippen MR) is 74.9 cm³/mol. The van der Waals surface area contributed by atoms with Gasteiger partial charge in [-0.2, -0.15) is 0 Å². The van der Waals surface area contributed by atoms with Gasteiger partial charge in [0.2, 0.25) is 6.29 Å². The molecule has 1 fully saturated rings. The van der Waals surface area contributed by atoms with Crippen LogP contribution >= 0.6 is 23.2 Å². The second-order valence-corrected chi connectivity index (χ2v) is 6.85. The second-order valence-electron chi connectivity index (χ2n) is 6.06. The van der Waals surface area contributed by atoms with Gasteiger partial charge in [-0.1, -0.05) is 50.4 Å². The van der Waals surface area contributed by atoms with Crippen LogP contribution in [0.4, 0.5) is 0 Å². The van der Waals surface area contributed by atoms with E-state index in [1.54, 1.807) is 0 Å². The van der Waals surface area contributed by atoms with E-state index in [0.717, 1.165) is 19.3 Å². The van der Waals surface area contributed by atoms with Crippen LogP contribution in [0.5, 0.6) is 0 Å². The smallest absolute Gasteiger partial charge is 0.353 e. The highest BCUT2D eigenvalue weighted by atomic mass is 35.5. The fourth-order valence-corrected chi connectivity index (χ4v) is 3.07. The third-order valence-corrected chi connectivity index (χ3v) is 5.31. The van der Waals surface area contributed by atoms with E-state index in [1.807, 2.05) is 0 Å². The predicted octanol–water partition coefficient (Wildman–Crippen LogP) is 4.18. The summed E-state index contributed by atoms with van der Waals surface area (Å²) in [5, 5.41) is 0.109. The minimum absolute atomic E-state index is 0.0610. The molecule has 19 heavy (non-hydrogen) atoms. The Morgan fingerprint density at radius 3 is 2.63 bits per heavy atom. The standard InChI is InChI=1S/C14H20Cl2O3/c1-8(2)14(3)6-4-5-9(7-14)18-13-11(16)10(15)12(17)19-13/h8-9,13H,4-7H2,1-3H3/t9?,13-,14?/m0/s1. The molecule has 5 heteroatoms. The van der Waals surface area contributed by atoms with Crippen LogP contribution in [0.15, 0.2) is 10.1 Å². The van der Waals surface area contributed by atoms with Crippen molar-refractivity contribution in [1.82, 2.24) is 0 Å². The van der Waals surface area contributed by atoms with Crippen LogP contribution in [0.3, 0.4) is 0 Å². The Bertz CT molecular complexity index is 405. The van der Waals surface area contributed by atoms with Gasteiger partial charge in [-0.15, -0.1) is 0 Å². The summed E-state index contributed by atoms with van der Waals surface area (Å²) in [5.74, 6) is -0.00118. The number of carbonyl (C=O) groups excluding carboxylic acids is 1. The number of esters is 1. The van der Waals surface area contributed by atoms with Crippen molar-refractivity contribution in [2.45, 2.75) is 58.8 Å². The van der Waals surface area contributed by atoms with E-state index in [4.69, 9.17) is 32.7 Å². The van der Waals surface area contributed by atoms with Gasteiger partial charge in [0, 0.05) is 0 Å². The van der Waals surface area contributed by atoms with Crippen LogP contribution in [-0.2, 0) is 14.3 Å². The minimum atomic E-state index is -0.818. The van der Waals surface area contributed by atoms with Crippen molar-refractivity contribution in [2.24, 2.45) is 11.3 Å². The van der Waals surface area contributed by atoms with E-state index in [-0.39, 0.29) is 21.6 Å². The van der Waals surface area contributed by atoms with E-state index in [9.17, 15) is 4.79 Å². The molecular weight excluding hydrogens is 287 g/mol. The third-order valence-electron chi connectivity index (χ3n) is 4.49. The van der Waals surface area contributed by atoms with Gasteiger partial charge in [-0.25, -0.2) is 4.79 Å². The quantitative estimate of drug-likeness (QED) is 0.734. The zero-order valence-corrected chi connectivity index (χ0v) is 13.1. The van der Waals surface area contributed by atoms with Crippen LogP contribution in [0, 0.1) is 11.3 Å². The van der Waals surface area contributed by atoms with Gasteiger partial charge in [0.15, 0.2) is 0 Å². The molecule has 1 heterocycles. The summed E-state index contributed by atoms with van der Waals surface area (Å²) in [4.78, 5) is 11.3. The number of hydrogen-bond donors (Lipinski definition) is 0.